The number of carbonyl (C=O) groups excluding carboxylic acids is 1. The molecule has 1 aromatic carbocycles. The summed E-state index contributed by atoms with van der Waals surface area (Å²) in [5.74, 6) is -0.998. The van der Waals surface area contributed by atoms with Crippen LogP contribution < -0.4 is 10.5 Å². The Labute approximate surface area is 147 Å². The van der Waals surface area contributed by atoms with Crippen molar-refractivity contribution in [2.24, 2.45) is 11.1 Å². The third kappa shape index (κ3) is 4.43. The van der Waals surface area contributed by atoms with E-state index in [0.29, 0.717) is 24.8 Å². The normalized spacial score (nSPS) is 24.8. The average molecular weight is 428 g/mol. The van der Waals surface area contributed by atoms with Crippen LogP contribution in [0.15, 0.2) is 16.6 Å². The Kier molecular flexibility index (Phi) is 5.40. The molecule has 0 radical (unpaired) electrons. The molecular weight excluding hydrogens is 411 g/mol. The van der Waals surface area contributed by atoms with Gasteiger partial charge in [-0.25, -0.2) is 17.5 Å². The van der Waals surface area contributed by atoms with Crippen LogP contribution in [0.1, 0.15) is 24.8 Å². The Morgan fingerprint density at radius 2 is 2.22 bits per heavy atom. The van der Waals surface area contributed by atoms with Gasteiger partial charge in [-0.1, -0.05) is 11.6 Å². The Hall–Kier alpha value is -0.700. The second-order valence-corrected chi connectivity index (χ2v) is 9.05. The van der Waals surface area contributed by atoms with Gasteiger partial charge in [-0.2, -0.15) is 0 Å². The van der Waals surface area contributed by atoms with Gasteiger partial charge in [-0.3, -0.25) is 4.79 Å². The maximum Gasteiger partial charge on any atom is 0.224 e. The molecule has 0 heterocycles. The molecule has 1 aromatic rings. The van der Waals surface area contributed by atoms with Gasteiger partial charge in [0.05, 0.1) is 16.1 Å². The first-order valence-corrected chi connectivity index (χ1v) is 9.99. The summed E-state index contributed by atoms with van der Waals surface area (Å²) < 4.78 is 39.0. The van der Waals surface area contributed by atoms with Crippen molar-refractivity contribution in [1.82, 2.24) is 4.72 Å². The van der Waals surface area contributed by atoms with E-state index in [2.05, 4.69) is 20.7 Å². The number of hydrogen-bond donors (Lipinski definition) is 2. The first kappa shape index (κ1) is 18.6. The molecule has 1 amide bonds. The standard InChI is InChI=1S/C14H17BrClFN2O3S/c1-23(21,22)19-9-2-3-14(7-9,13(18)20)6-8-4-10(15)12(17)5-11(8)16/h4-5,9,19H,2-3,6-7H2,1H3,(H2,18,20)/t9-,14+/m0/s1. The van der Waals surface area contributed by atoms with Crippen LogP contribution in [-0.2, 0) is 21.2 Å². The Morgan fingerprint density at radius 1 is 1.57 bits per heavy atom. The maximum absolute atomic E-state index is 13.5. The summed E-state index contributed by atoms with van der Waals surface area (Å²) in [5, 5.41) is 0.214. The number of benzene rings is 1. The minimum absolute atomic E-state index is 0.214. The van der Waals surface area contributed by atoms with Gasteiger partial charge in [0.1, 0.15) is 5.82 Å². The van der Waals surface area contributed by atoms with Crippen LogP contribution >= 0.6 is 27.5 Å². The van der Waals surface area contributed by atoms with E-state index in [1.807, 2.05) is 0 Å². The smallest absolute Gasteiger partial charge is 0.224 e. The second kappa shape index (κ2) is 6.66. The predicted molar refractivity (Wildman–Crippen MR) is 90.1 cm³/mol. The molecule has 1 aliphatic carbocycles. The molecule has 1 fully saturated rings. The highest BCUT2D eigenvalue weighted by molar-refractivity contribution is 9.10. The summed E-state index contributed by atoms with van der Waals surface area (Å²) in [6, 6.07) is 2.36. The topological polar surface area (TPSA) is 89.3 Å². The highest BCUT2D eigenvalue weighted by Crippen LogP contribution is 2.42. The summed E-state index contributed by atoms with van der Waals surface area (Å²) in [5.41, 5.74) is 5.28. The van der Waals surface area contributed by atoms with Crippen LogP contribution in [-0.4, -0.2) is 26.6 Å². The van der Waals surface area contributed by atoms with Crippen LogP contribution in [0.5, 0.6) is 0 Å². The molecular formula is C14H17BrClFN2O3S. The van der Waals surface area contributed by atoms with E-state index >= 15 is 0 Å². The van der Waals surface area contributed by atoms with Crippen molar-refractivity contribution in [3.8, 4) is 0 Å². The lowest BCUT2D eigenvalue weighted by molar-refractivity contribution is -0.127. The number of amides is 1. The van der Waals surface area contributed by atoms with Crippen molar-refractivity contribution in [3.63, 3.8) is 0 Å². The van der Waals surface area contributed by atoms with Gasteiger partial charge in [0, 0.05) is 11.1 Å². The molecule has 5 nitrogen and oxygen atoms in total. The quantitative estimate of drug-likeness (QED) is 0.707. The number of halogens is 3. The van der Waals surface area contributed by atoms with Gasteiger partial charge in [-0.15, -0.1) is 0 Å². The summed E-state index contributed by atoms with van der Waals surface area (Å²) in [6.45, 7) is 0. The Balaban J connectivity index is 2.27. The van der Waals surface area contributed by atoms with Crippen molar-refractivity contribution in [2.45, 2.75) is 31.7 Å². The zero-order valence-corrected chi connectivity index (χ0v) is 15.6. The molecule has 0 spiro atoms. The third-order valence-electron chi connectivity index (χ3n) is 4.13. The summed E-state index contributed by atoms with van der Waals surface area (Å²) in [6.07, 6.45) is 2.56. The lowest BCUT2D eigenvalue weighted by atomic mass is 9.79. The van der Waals surface area contributed by atoms with E-state index < -0.39 is 27.2 Å². The fraction of sp³-hybridized carbons (Fsp3) is 0.500. The molecule has 0 saturated heterocycles. The fourth-order valence-electron chi connectivity index (χ4n) is 3.06. The lowest BCUT2D eigenvalue weighted by Gasteiger charge is -2.26. The lowest BCUT2D eigenvalue weighted by Crippen LogP contribution is -2.40. The van der Waals surface area contributed by atoms with Gasteiger partial charge in [0.2, 0.25) is 15.9 Å². The van der Waals surface area contributed by atoms with Crippen LogP contribution in [0.2, 0.25) is 5.02 Å². The SMILES string of the molecule is CS(=O)(=O)N[C@H]1CC[C@](Cc2cc(Br)c(F)cc2Cl)(C(N)=O)C1. The Morgan fingerprint density at radius 3 is 2.78 bits per heavy atom. The van der Waals surface area contributed by atoms with Crippen LogP contribution in [0.4, 0.5) is 4.39 Å². The highest BCUT2D eigenvalue weighted by Gasteiger charge is 2.45. The van der Waals surface area contributed by atoms with E-state index in [0.717, 1.165) is 6.26 Å². The average Bonchev–Trinajstić information content (AvgIpc) is 2.78. The molecule has 0 aromatic heterocycles. The summed E-state index contributed by atoms with van der Waals surface area (Å²) in [7, 11) is -3.36. The molecule has 0 unspecified atom stereocenters. The van der Waals surface area contributed by atoms with E-state index in [1.165, 1.54) is 12.1 Å². The van der Waals surface area contributed by atoms with Crippen LogP contribution in [0, 0.1) is 11.2 Å². The molecule has 2 atom stereocenters. The minimum Gasteiger partial charge on any atom is -0.369 e. The zero-order chi connectivity index (χ0) is 17.4. The van der Waals surface area contributed by atoms with Gasteiger partial charge >= 0.3 is 0 Å². The molecule has 9 heteroatoms. The van der Waals surface area contributed by atoms with Crippen molar-refractivity contribution in [2.75, 3.05) is 6.26 Å². The van der Waals surface area contributed by atoms with E-state index in [9.17, 15) is 17.6 Å². The van der Waals surface area contributed by atoms with E-state index in [4.69, 9.17) is 17.3 Å². The van der Waals surface area contributed by atoms with Crippen molar-refractivity contribution >= 4 is 43.5 Å². The molecule has 0 aliphatic heterocycles. The first-order valence-electron chi connectivity index (χ1n) is 6.93. The largest absolute Gasteiger partial charge is 0.369 e. The predicted octanol–water partition coefficient (Wildman–Crippen LogP) is 2.36. The van der Waals surface area contributed by atoms with Gasteiger partial charge in [0.15, 0.2) is 0 Å². The van der Waals surface area contributed by atoms with Crippen molar-refractivity contribution < 1.29 is 17.6 Å². The highest BCUT2D eigenvalue weighted by atomic mass is 79.9. The maximum atomic E-state index is 13.5. The van der Waals surface area contributed by atoms with Crippen LogP contribution in [0.25, 0.3) is 0 Å². The molecule has 3 N–H and O–H groups in total. The number of hydrogen-bond acceptors (Lipinski definition) is 3. The molecule has 0 bridgehead atoms. The minimum atomic E-state index is -3.36. The second-order valence-electron chi connectivity index (χ2n) is 6.01. The number of primary amides is 1. The Bertz CT molecular complexity index is 744. The number of nitrogens with one attached hydrogen (secondary N) is 1. The van der Waals surface area contributed by atoms with Gasteiger partial charge < -0.3 is 5.73 Å². The molecule has 1 saturated carbocycles. The number of sulfonamides is 1. The zero-order valence-electron chi connectivity index (χ0n) is 12.4. The number of nitrogens with two attached hydrogens (primary N) is 1. The number of carbonyl (C=O) groups is 1. The molecule has 128 valence electrons. The fourth-order valence-corrected chi connectivity index (χ4v) is 4.48. The van der Waals surface area contributed by atoms with E-state index in [1.54, 1.807) is 0 Å². The summed E-state index contributed by atoms with van der Waals surface area (Å²) in [4.78, 5) is 12.0. The van der Waals surface area contributed by atoms with Gasteiger partial charge in [-0.05, 0) is 59.3 Å². The summed E-state index contributed by atoms with van der Waals surface area (Å²) >= 11 is 9.16. The third-order valence-corrected chi connectivity index (χ3v) is 5.85. The molecule has 23 heavy (non-hydrogen) atoms. The van der Waals surface area contributed by atoms with E-state index in [-0.39, 0.29) is 22.0 Å². The van der Waals surface area contributed by atoms with Crippen molar-refractivity contribution in [3.05, 3.63) is 33.0 Å². The van der Waals surface area contributed by atoms with Crippen molar-refractivity contribution in [1.29, 1.82) is 0 Å². The van der Waals surface area contributed by atoms with Crippen LogP contribution in [0.3, 0.4) is 0 Å². The van der Waals surface area contributed by atoms with Gasteiger partial charge in [0.25, 0.3) is 0 Å². The molecule has 2 rings (SSSR count). The monoisotopic (exact) mass is 426 g/mol. The first-order chi connectivity index (χ1) is 10.5. The molecule has 1 aliphatic rings. The number of rotatable bonds is 5.